The number of aromatic nitrogens is 2. The van der Waals surface area contributed by atoms with E-state index in [1.54, 1.807) is 12.1 Å². The Morgan fingerprint density at radius 1 is 1.32 bits per heavy atom. The molecule has 0 bridgehead atoms. The van der Waals surface area contributed by atoms with Crippen LogP contribution in [0.15, 0.2) is 33.8 Å². The average Bonchev–Trinajstić information content (AvgIpc) is 2.93. The number of nitrogens with zero attached hydrogens (tertiary/aromatic N) is 4. The summed E-state index contributed by atoms with van der Waals surface area (Å²) >= 11 is 5.91. The predicted molar refractivity (Wildman–Crippen MR) is 107 cm³/mol. The smallest absolute Gasteiger partial charge is 0.251 e. The van der Waals surface area contributed by atoms with Gasteiger partial charge in [-0.15, -0.1) is 0 Å². The SMILES string of the molecule is CCCS(=O)(=NC(C)=O)c1nc(N)c2c(n1)N(Cc1ccc(Cl)cc1)C(=O)C2. The van der Waals surface area contributed by atoms with Gasteiger partial charge in [-0.1, -0.05) is 30.7 Å². The number of rotatable bonds is 5. The summed E-state index contributed by atoms with van der Waals surface area (Å²) in [5.41, 5.74) is 7.38. The summed E-state index contributed by atoms with van der Waals surface area (Å²) in [6.45, 7) is 3.31. The molecular weight excluding hydrogens is 402 g/mol. The van der Waals surface area contributed by atoms with E-state index in [2.05, 4.69) is 14.3 Å². The molecule has 10 heteroatoms. The Hall–Kier alpha value is -2.52. The lowest BCUT2D eigenvalue weighted by Crippen LogP contribution is -2.27. The molecule has 2 amide bonds. The quantitative estimate of drug-likeness (QED) is 0.741. The van der Waals surface area contributed by atoms with E-state index >= 15 is 0 Å². The fourth-order valence-electron chi connectivity index (χ4n) is 2.97. The van der Waals surface area contributed by atoms with Gasteiger partial charge in [0.25, 0.3) is 5.91 Å². The number of nitrogens with two attached hydrogens (primary N) is 1. The normalized spacial score (nSPS) is 15.2. The Balaban J connectivity index is 2.08. The van der Waals surface area contributed by atoms with Gasteiger partial charge in [0.1, 0.15) is 21.4 Å². The van der Waals surface area contributed by atoms with Gasteiger partial charge in [-0.2, -0.15) is 4.36 Å². The molecule has 1 atom stereocenters. The maximum atomic E-state index is 13.2. The summed E-state index contributed by atoms with van der Waals surface area (Å²) in [6, 6.07) is 7.09. The fraction of sp³-hybridized carbons (Fsp3) is 0.333. The lowest BCUT2D eigenvalue weighted by Gasteiger charge is -2.18. The second-order valence-electron chi connectivity index (χ2n) is 6.43. The Morgan fingerprint density at radius 3 is 2.61 bits per heavy atom. The van der Waals surface area contributed by atoms with Crippen molar-refractivity contribution in [3.63, 3.8) is 0 Å². The van der Waals surface area contributed by atoms with Crippen molar-refractivity contribution >= 4 is 44.8 Å². The number of anilines is 2. The van der Waals surface area contributed by atoms with E-state index in [-0.39, 0.29) is 35.6 Å². The lowest BCUT2D eigenvalue weighted by atomic mass is 10.2. The third-order valence-electron chi connectivity index (χ3n) is 4.18. The van der Waals surface area contributed by atoms with Crippen molar-refractivity contribution < 1.29 is 13.8 Å². The van der Waals surface area contributed by atoms with E-state index in [1.807, 2.05) is 19.1 Å². The second-order valence-corrected chi connectivity index (χ2v) is 9.10. The number of hydrogen-bond donors (Lipinski definition) is 1. The highest BCUT2D eigenvalue weighted by molar-refractivity contribution is 7.93. The molecule has 0 radical (unpaired) electrons. The van der Waals surface area contributed by atoms with Crippen LogP contribution >= 0.6 is 11.6 Å². The average molecular weight is 422 g/mol. The third-order valence-corrected chi connectivity index (χ3v) is 6.70. The fourth-order valence-corrected chi connectivity index (χ4v) is 4.89. The van der Waals surface area contributed by atoms with Crippen LogP contribution in [0.3, 0.4) is 0 Å². The van der Waals surface area contributed by atoms with Crippen LogP contribution in [-0.4, -0.2) is 31.7 Å². The van der Waals surface area contributed by atoms with E-state index in [1.165, 1.54) is 11.8 Å². The van der Waals surface area contributed by atoms with Crippen LogP contribution in [0.2, 0.25) is 5.02 Å². The van der Waals surface area contributed by atoms with Crippen LogP contribution in [0.4, 0.5) is 11.6 Å². The number of hydrogen-bond acceptors (Lipinski definition) is 6. The van der Waals surface area contributed by atoms with Gasteiger partial charge < -0.3 is 5.73 Å². The topological polar surface area (TPSA) is 119 Å². The molecule has 1 aliphatic rings. The Bertz CT molecular complexity index is 1060. The Labute approximate surface area is 168 Å². The van der Waals surface area contributed by atoms with Crippen LogP contribution < -0.4 is 10.6 Å². The number of halogens is 1. The molecule has 1 aliphatic heterocycles. The molecule has 2 N–H and O–H groups in total. The first-order valence-electron chi connectivity index (χ1n) is 8.70. The van der Waals surface area contributed by atoms with Crippen molar-refractivity contribution in [2.75, 3.05) is 16.4 Å². The molecule has 8 nitrogen and oxygen atoms in total. The summed E-state index contributed by atoms with van der Waals surface area (Å²) in [4.78, 5) is 34.0. The first-order chi connectivity index (χ1) is 13.2. The Morgan fingerprint density at radius 2 is 2.00 bits per heavy atom. The number of benzene rings is 1. The maximum Gasteiger partial charge on any atom is 0.251 e. The van der Waals surface area contributed by atoms with Gasteiger partial charge in [0.2, 0.25) is 11.1 Å². The van der Waals surface area contributed by atoms with Crippen LogP contribution in [0.1, 0.15) is 31.4 Å². The second kappa shape index (κ2) is 7.84. The van der Waals surface area contributed by atoms with E-state index in [4.69, 9.17) is 17.3 Å². The highest BCUT2D eigenvalue weighted by Crippen LogP contribution is 2.33. The van der Waals surface area contributed by atoms with E-state index in [9.17, 15) is 13.8 Å². The van der Waals surface area contributed by atoms with Crippen LogP contribution in [0.5, 0.6) is 0 Å². The first kappa shape index (κ1) is 20.2. The predicted octanol–water partition coefficient (Wildman–Crippen LogP) is 2.58. The number of nitrogen functional groups attached to an aromatic ring is 1. The molecule has 0 saturated heterocycles. The molecule has 0 spiro atoms. The largest absolute Gasteiger partial charge is 0.383 e. The van der Waals surface area contributed by atoms with Gasteiger partial charge in [-0.05, 0) is 24.1 Å². The van der Waals surface area contributed by atoms with Gasteiger partial charge in [0, 0.05) is 23.3 Å². The van der Waals surface area contributed by atoms with Gasteiger partial charge in [-0.3, -0.25) is 14.5 Å². The molecular formula is C18H20ClN5O3S. The van der Waals surface area contributed by atoms with Crippen LogP contribution in [0, 0.1) is 0 Å². The summed E-state index contributed by atoms with van der Waals surface area (Å²) in [5.74, 6) is -0.251. The molecule has 2 aromatic rings. The molecule has 1 aromatic carbocycles. The highest BCUT2D eigenvalue weighted by atomic mass is 35.5. The standard InChI is InChI=1S/C18H20ClN5O3S/c1-3-8-28(27,23-11(2)25)18-21-16(20)14-9-15(26)24(17(14)22-18)10-12-4-6-13(19)7-5-12/h4-7H,3,8-10H2,1-2H3,(H2,20,21,22). The minimum Gasteiger partial charge on any atom is -0.383 e. The minimum absolute atomic E-state index is 0.0633. The number of amides is 2. The van der Waals surface area contributed by atoms with Crippen molar-refractivity contribution in [3.8, 4) is 0 Å². The molecule has 1 aromatic heterocycles. The summed E-state index contributed by atoms with van der Waals surface area (Å²) < 4.78 is 17.0. The van der Waals surface area contributed by atoms with Crippen molar-refractivity contribution in [1.29, 1.82) is 0 Å². The number of fused-ring (bicyclic) bond motifs is 1. The zero-order valence-electron chi connectivity index (χ0n) is 15.5. The van der Waals surface area contributed by atoms with Crippen molar-refractivity contribution in [3.05, 3.63) is 40.4 Å². The van der Waals surface area contributed by atoms with Gasteiger partial charge in [0.05, 0.1) is 13.0 Å². The van der Waals surface area contributed by atoms with Crippen molar-refractivity contribution in [2.24, 2.45) is 4.36 Å². The zero-order chi connectivity index (χ0) is 20.5. The number of carbonyl (C=O) groups excluding carboxylic acids is 2. The molecule has 0 saturated carbocycles. The van der Waals surface area contributed by atoms with Crippen LogP contribution in [-0.2, 0) is 32.3 Å². The molecule has 0 fully saturated rings. The maximum absolute atomic E-state index is 13.2. The number of carbonyl (C=O) groups is 2. The summed E-state index contributed by atoms with van der Waals surface area (Å²) in [7, 11) is -3.16. The van der Waals surface area contributed by atoms with Gasteiger partial charge in [-0.25, -0.2) is 14.2 Å². The monoisotopic (exact) mass is 421 g/mol. The van der Waals surface area contributed by atoms with Gasteiger partial charge in [0.15, 0.2) is 0 Å². The molecule has 148 valence electrons. The van der Waals surface area contributed by atoms with Gasteiger partial charge >= 0.3 is 0 Å². The third kappa shape index (κ3) is 4.00. The van der Waals surface area contributed by atoms with Crippen LogP contribution in [0.25, 0.3) is 0 Å². The molecule has 28 heavy (non-hydrogen) atoms. The minimum atomic E-state index is -3.16. The van der Waals surface area contributed by atoms with E-state index in [0.29, 0.717) is 22.8 Å². The Kier molecular flexibility index (Phi) is 5.66. The molecule has 2 heterocycles. The first-order valence-corrected chi connectivity index (χ1v) is 10.8. The zero-order valence-corrected chi connectivity index (χ0v) is 17.1. The summed E-state index contributed by atoms with van der Waals surface area (Å²) in [6.07, 6.45) is 0.581. The van der Waals surface area contributed by atoms with E-state index < -0.39 is 15.6 Å². The highest BCUT2D eigenvalue weighted by Gasteiger charge is 2.33. The lowest BCUT2D eigenvalue weighted by molar-refractivity contribution is -0.117. The van der Waals surface area contributed by atoms with Crippen molar-refractivity contribution in [1.82, 2.24) is 9.97 Å². The molecule has 3 rings (SSSR count). The van der Waals surface area contributed by atoms with Crippen molar-refractivity contribution in [2.45, 2.75) is 38.4 Å². The molecule has 0 aliphatic carbocycles. The summed E-state index contributed by atoms with van der Waals surface area (Å²) in [5, 5.41) is 0.479. The molecule has 1 unspecified atom stereocenters. The van der Waals surface area contributed by atoms with E-state index in [0.717, 1.165) is 5.56 Å².